The van der Waals surface area contributed by atoms with E-state index >= 15 is 0 Å². The van der Waals surface area contributed by atoms with Gasteiger partial charge in [0.1, 0.15) is 0 Å². The second-order valence-electron chi connectivity index (χ2n) is 5.67. The number of para-hydroxylation sites is 2. The van der Waals surface area contributed by atoms with Crippen LogP contribution in [0.5, 0.6) is 0 Å². The van der Waals surface area contributed by atoms with Crippen LogP contribution in [0.4, 0.5) is 0 Å². The van der Waals surface area contributed by atoms with Crippen LogP contribution in [0, 0.1) is 0 Å². The highest BCUT2D eigenvalue weighted by molar-refractivity contribution is 7.98. The topological polar surface area (TPSA) is 46.9 Å². The Morgan fingerprint density at radius 1 is 1.15 bits per heavy atom. The average Bonchev–Trinajstić information content (AvgIpc) is 2.96. The lowest BCUT2D eigenvalue weighted by Crippen LogP contribution is -2.39. The van der Waals surface area contributed by atoms with Gasteiger partial charge in [-0.25, -0.2) is 4.98 Å². The highest BCUT2D eigenvalue weighted by Crippen LogP contribution is 2.41. The van der Waals surface area contributed by atoms with Crippen molar-refractivity contribution in [1.29, 1.82) is 0 Å². The third kappa shape index (κ3) is 4.46. The molecule has 136 valence electrons. The van der Waals surface area contributed by atoms with E-state index in [0.29, 0.717) is 10.9 Å². The number of halogens is 3. The fraction of sp³-hybridized carbons (Fsp3) is 0.222. The fourth-order valence-electron chi connectivity index (χ4n) is 2.58. The Bertz CT molecular complexity index is 909. The van der Waals surface area contributed by atoms with Gasteiger partial charge in [0, 0.05) is 12.7 Å². The summed E-state index contributed by atoms with van der Waals surface area (Å²) in [7, 11) is 0. The molecular weight excluding hydrogens is 413 g/mol. The van der Waals surface area contributed by atoms with Gasteiger partial charge >= 0.3 is 0 Å². The first-order valence-corrected chi connectivity index (χ1v) is 9.95. The van der Waals surface area contributed by atoms with Crippen molar-refractivity contribution in [2.24, 2.45) is 0 Å². The molecule has 0 radical (unpaired) electrons. The standard InChI is InChI=1S/C18H16Cl3N3OS/c1-12(25)22-16(18(19,20)21)24-15-10-6-5-9-14(15)23-17(24)26-11-13-7-3-2-4-8-13/h2-10,16H,11H2,1H3,(H,22,25)/t16-/m0/s1. The number of benzene rings is 2. The van der Waals surface area contributed by atoms with Crippen molar-refractivity contribution in [2.45, 2.75) is 27.8 Å². The maximum Gasteiger partial charge on any atom is 0.229 e. The number of carbonyl (C=O) groups is 1. The molecule has 0 aliphatic heterocycles. The molecule has 4 nitrogen and oxygen atoms in total. The van der Waals surface area contributed by atoms with E-state index in [0.717, 1.165) is 16.6 Å². The summed E-state index contributed by atoms with van der Waals surface area (Å²) in [5.41, 5.74) is 2.71. The van der Waals surface area contributed by atoms with E-state index in [9.17, 15) is 4.79 Å². The van der Waals surface area contributed by atoms with Gasteiger partial charge in [-0.2, -0.15) is 0 Å². The summed E-state index contributed by atoms with van der Waals surface area (Å²) in [6, 6.07) is 17.6. The van der Waals surface area contributed by atoms with E-state index < -0.39 is 9.96 Å². The van der Waals surface area contributed by atoms with Crippen molar-refractivity contribution in [3.05, 3.63) is 60.2 Å². The van der Waals surface area contributed by atoms with E-state index in [-0.39, 0.29) is 5.91 Å². The number of thioether (sulfide) groups is 1. The summed E-state index contributed by atoms with van der Waals surface area (Å²) in [4.78, 5) is 16.4. The molecule has 0 bridgehead atoms. The van der Waals surface area contributed by atoms with Crippen LogP contribution in [-0.2, 0) is 10.5 Å². The molecule has 1 atom stereocenters. The van der Waals surface area contributed by atoms with Crippen LogP contribution in [-0.4, -0.2) is 19.3 Å². The molecule has 1 N–H and O–H groups in total. The number of hydrogen-bond donors (Lipinski definition) is 1. The van der Waals surface area contributed by atoms with Gasteiger partial charge < -0.3 is 5.32 Å². The van der Waals surface area contributed by atoms with Crippen molar-refractivity contribution in [1.82, 2.24) is 14.9 Å². The highest BCUT2D eigenvalue weighted by Gasteiger charge is 2.37. The van der Waals surface area contributed by atoms with E-state index in [2.05, 4.69) is 10.3 Å². The highest BCUT2D eigenvalue weighted by atomic mass is 35.6. The number of rotatable bonds is 5. The monoisotopic (exact) mass is 427 g/mol. The summed E-state index contributed by atoms with van der Waals surface area (Å²) in [5.74, 6) is 0.412. The van der Waals surface area contributed by atoms with Crippen molar-refractivity contribution < 1.29 is 4.79 Å². The van der Waals surface area contributed by atoms with Gasteiger partial charge in [-0.3, -0.25) is 9.36 Å². The Balaban J connectivity index is 2.04. The number of aromatic nitrogens is 2. The zero-order valence-electron chi connectivity index (χ0n) is 13.8. The van der Waals surface area contributed by atoms with Gasteiger partial charge in [0.25, 0.3) is 0 Å². The van der Waals surface area contributed by atoms with E-state index in [1.165, 1.54) is 18.7 Å². The van der Waals surface area contributed by atoms with Crippen LogP contribution < -0.4 is 5.32 Å². The maximum absolute atomic E-state index is 11.7. The van der Waals surface area contributed by atoms with E-state index in [1.807, 2.05) is 54.6 Å². The smallest absolute Gasteiger partial charge is 0.229 e. The van der Waals surface area contributed by atoms with Gasteiger partial charge in [-0.15, -0.1) is 0 Å². The molecule has 0 spiro atoms. The quantitative estimate of drug-likeness (QED) is 0.441. The van der Waals surface area contributed by atoms with E-state index in [1.54, 1.807) is 4.57 Å². The number of alkyl halides is 3. The number of fused-ring (bicyclic) bond motifs is 1. The minimum atomic E-state index is -1.74. The number of amides is 1. The minimum absolute atomic E-state index is 0.293. The van der Waals surface area contributed by atoms with Crippen LogP contribution >= 0.6 is 46.6 Å². The molecule has 2 aromatic carbocycles. The average molecular weight is 429 g/mol. The molecular formula is C18H16Cl3N3OS. The summed E-state index contributed by atoms with van der Waals surface area (Å²) in [6.07, 6.45) is -0.879. The molecule has 3 aromatic rings. The van der Waals surface area contributed by atoms with Crippen molar-refractivity contribution in [3.8, 4) is 0 Å². The Hall–Kier alpha value is -1.40. The summed E-state index contributed by atoms with van der Waals surface area (Å²) in [6.45, 7) is 1.39. The lowest BCUT2D eigenvalue weighted by molar-refractivity contribution is -0.120. The predicted molar refractivity (Wildman–Crippen MR) is 109 cm³/mol. The normalized spacial score (nSPS) is 12.9. The molecule has 1 aromatic heterocycles. The molecule has 0 aliphatic carbocycles. The number of imidazole rings is 1. The Kier molecular flexibility index (Phi) is 6.03. The first kappa shape index (κ1) is 19.4. The van der Waals surface area contributed by atoms with Crippen LogP contribution in [0.3, 0.4) is 0 Å². The SMILES string of the molecule is CC(=O)N[C@@H](n1c(SCc2ccccc2)nc2ccccc21)C(Cl)(Cl)Cl. The zero-order chi connectivity index (χ0) is 18.7. The molecule has 0 fully saturated rings. The first-order valence-electron chi connectivity index (χ1n) is 7.84. The van der Waals surface area contributed by atoms with Crippen LogP contribution in [0.1, 0.15) is 18.7 Å². The van der Waals surface area contributed by atoms with Gasteiger partial charge in [0.2, 0.25) is 9.70 Å². The molecule has 0 unspecified atom stereocenters. The van der Waals surface area contributed by atoms with E-state index in [4.69, 9.17) is 34.8 Å². The molecule has 26 heavy (non-hydrogen) atoms. The molecule has 1 amide bonds. The van der Waals surface area contributed by atoms with Crippen LogP contribution in [0.15, 0.2) is 59.8 Å². The molecule has 0 saturated heterocycles. The van der Waals surface area contributed by atoms with Gasteiger partial charge in [0.05, 0.1) is 11.0 Å². The summed E-state index contributed by atoms with van der Waals surface area (Å²) in [5, 5.41) is 3.39. The predicted octanol–water partition coefficient (Wildman–Crippen LogP) is 5.33. The molecule has 0 saturated carbocycles. The molecule has 8 heteroatoms. The lowest BCUT2D eigenvalue weighted by Gasteiger charge is -2.28. The second kappa shape index (κ2) is 8.09. The number of nitrogens with zero attached hydrogens (tertiary/aromatic N) is 2. The fourth-order valence-corrected chi connectivity index (χ4v) is 4.03. The third-order valence-electron chi connectivity index (χ3n) is 3.68. The Labute approximate surface area is 170 Å². The lowest BCUT2D eigenvalue weighted by atomic mass is 10.2. The molecule has 3 rings (SSSR count). The van der Waals surface area contributed by atoms with Crippen molar-refractivity contribution in [3.63, 3.8) is 0 Å². The van der Waals surface area contributed by atoms with Crippen LogP contribution in [0.25, 0.3) is 11.0 Å². The number of hydrogen-bond acceptors (Lipinski definition) is 3. The first-order chi connectivity index (χ1) is 12.4. The largest absolute Gasteiger partial charge is 0.332 e. The maximum atomic E-state index is 11.7. The summed E-state index contributed by atoms with van der Waals surface area (Å²) < 4.78 is 0.0362. The molecule has 0 aliphatic rings. The van der Waals surface area contributed by atoms with Gasteiger partial charge in [-0.05, 0) is 17.7 Å². The van der Waals surface area contributed by atoms with Gasteiger partial charge in [-0.1, -0.05) is 89.0 Å². The molecule has 1 heterocycles. The van der Waals surface area contributed by atoms with Crippen LogP contribution in [0.2, 0.25) is 0 Å². The zero-order valence-corrected chi connectivity index (χ0v) is 16.9. The minimum Gasteiger partial charge on any atom is -0.332 e. The van der Waals surface area contributed by atoms with Crippen molar-refractivity contribution >= 4 is 63.5 Å². The third-order valence-corrected chi connectivity index (χ3v) is 5.33. The number of nitrogens with one attached hydrogen (secondary N) is 1. The summed E-state index contributed by atoms with van der Waals surface area (Å²) >= 11 is 20.1. The number of carbonyl (C=O) groups excluding carboxylic acids is 1. The van der Waals surface area contributed by atoms with Crippen molar-refractivity contribution in [2.75, 3.05) is 0 Å². The Morgan fingerprint density at radius 3 is 2.46 bits per heavy atom. The Morgan fingerprint density at radius 2 is 1.81 bits per heavy atom. The van der Waals surface area contributed by atoms with Gasteiger partial charge in [0.15, 0.2) is 11.3 Å². The second-order valence-corrected chi connectivity index (χ2v) is 8.98.